The molecule has 102 valence electrons. The maximum atomic E-state index is 9.18. The maximum Gasteiger partial charge on any atom is 0.0933 e. The van der Waals surface area contributed by atoms with Gasteiger partial charge in [0.1, 0.15) is 0 Å². The lowest BCUT2D eigenvalue weighted by molar-refractivity contribution is -0.0995. The SMILES string of the molecule is COCC(CCCN)N1CC(CO)OCC1C. The highest BCUT2D eigenvalue weighted by molar-refractivity contribution is 4.83. The van der Waals surface area contributed by atoms with Crippen molar-refractivity contribution < 1.29 is 14.6 Å². The van der Waals surface area contributed by atoms with Crippen molar-refractivity contribution in [2.24, 2.45) is 5.73 Å². The lowest BCUT2D eigenvalue weighted by Crippen LogP contribution is -2.55. The van der Waals surface area contributed by atoms with Crippen molar-refractivity contribution in [2.75, 3.05) is 40.0 Å². The molecule has 0 aromatic rings. The van der Waals surface area contributed by atoms with Crippen LogP contribution in [0.5, 0.6) is 0 Å². The van der Waals surface area contributed by atoms with Gasteiger partial charge in [0, 0.05) is 25.7 Å². The van der Waals surface area contributed by atoms with Gasteiger partial charge >= 0.3 is 0 Å². The van der Waals surface area contributed by atoms with E-state index in [2.05, 4.69) is 11.8 Å². The summed E-state index contributed by atoms with van der Waals surface area (Å²) in [5.74, 6) is 0. The largest absolute Gasteiger partial charge is 0.394 e. The molecule has 5 heteroatoms. The van der Waals surface area contributed by atoms with Crippen molar-refractivity contribution in [1.29, 1.82) is 0 Å². The van der Waals surface area contributed by atoms with E-state index in [0.717, 1.165) is 19.4 Å². The van der Waals surface area contributed by atoms with Crippen LogP contribution in [0.25, 0.3) is 0 Å². The number of ether oxygens (including phenoxy) is 2. The molecule has 1 aliphatic heterocycles. The van der Waals surface area contributed by atoms with Crippen LogP contribution in [0, 0.1) is 0 Å². The summed E-state index contributed by atoms with van der Waals surface area (Å²) < 4.78 is 10.8. The lowest BCUT2D eigenvalue weighted by Gasteiger charge is -2.42. The van der Waals surface area contributed by atoms with E-state index in [-0.39, 0.29) is 12.7 Å². The zero-order valence-corrected chi connectivity index (χ0v) is 11.0. The molecule has 1 fully saturated rings. The van der Waals surface area contributed by atoms with Gasteiger partial charge in [0.15, 0.2) is 0 Å². The third-order valence-corrected chi connectivity index (χ3v) is 3.33. The fraction of sp³-hybridized carbons (Fsp3) is 1.00. The van der Waals surface area contributed by atoms with E-state index < -0.39 is 0 Å². The normalized spacial score (nSPS) is 28.2. The average molecular weight is 246 g/mol. The Hall–Kier alpha value is -0.200. The van der Waals surface area contributed by atoms with Gasteiger partial charge in [-0.3, -0.25) is 4.90 Å². The van der Waals surface area contributed by atoms with E-state index in [1.807, 2.05) is 0 Å². The smallest absolute Gasteiger partial charge is 0.0933 e. The predicted molar refractivity (Wildman–Crippen MR) is 66.9 cm³/mol. The van der Waals surface area contributed by atoms with Crippen molar-refractivity contribution in [3.05, 3.63) is 0 Å². The maximum absolute atomic E-state index is 9.18. The molecule has 0 aromatic heterocycles. The van der Waals surface area contributed by atoms with E-state index in [9.17, 15) is 5.11 Å². The van der Waals surface area contributed by atoms with Gasteiger partial charge in [-0.15, -0.1) is 0 Å². The minimum absolute atomic E-state index is 0.0663. The average Bonchev–Trinajstić information content (AvgIpc) is 2.35. The molecule has 0 aromatic carbocycles. The Labute approximate surface area is 104 Å². The Kier molecular flexibility index (Phi) is 6.99. The third kappa shape index (κ3) is 4.52. The molecule has 1 rings (SSSR count). The van der Waals surface area contributed by atoms with Crippen LogP contribution in [0.3, 0.4) is 0 Å². The fourth-order valence-electron chi connectivity index (χ4n) is 2.35. The monoisotopic (exact) mass is 246 g/mol. The Bertz CT molecular complexity index is 204. The summed E-state index contributed by atoms with van der Waals surface area (Å²) in [4.78, 5) is 2.38. The van der Waals surface area contributed by atoms with Crippen molar-refractivity contribution in [1.82, 2.24) is 4.90 Å². The number of hydrogen-bond donors (Lipinski definition) is 2. The summed E-state index contributed by atoms with van der Waals surface area (Å²) in [6, 6.07) is 0.743. The number of nitrogens with two attached hydrogens (primary N) is 1. The summed E-state index contributed by atoms with van der Waals surface area (Å²) in [7, 11) is 1.73. The van der Waals surface area contributed by atoms with Crippen LogP contribution in [-0.4, -0.2) is 68.2 Å². The first-order valence-electron chi connectivity index (χ1n) is 6.40. The zero-order chi connectivity index (χ0) is 12.7. The van der Waals surface area contributed by atoms with Gasteiger partial charge in [0.05, 0.1) is 25.9 Å². The minimum atomic E-state index is -0.0663. The molecular formula is C12H26N2O3. The molecule has 0 bridgehead atoms. The van der Waals surface area contributed by atoms with E-state index in [4.69, 9.17) is 15.2 Å². The summed E-state index contributed by atoms with van der Waals surface area (Å²) in [5.41, 5.74) is 5.57. The van der Waals surface area contributed by atoms with Crippen LogP contribution < -0.4 is 5.73 Å². The van der Waals surface area contributed by atoms with E-state index in [0.29, 0.717) is 31.8 Å². The van der Waals surface area contributed by atoms with Crippen LogP contribution in [0.1, 0.15) is 19.8 Å². The van der Waals surface area contributed by atoms with Gasteiger partial charge < -0.3 is 20.3 Å². The lowest BCUT2D eigenvalue weighted by atomic mass is 10.1. The van der Waals surface area contributed by atoms with Crippen LogP contribution in [0.15, 0.2) is 0 Å². The summed E-state index contributed by atoms with van der Waals surface area (Å²) in [6.45, 7) is 5.10. The molecule has 3 atom stereocenters. The second kappa shape index (κ2) is 8.00. The second-order valence-corrected chi connectivity index (χ2v) is 4.72. The van der Waals surface area contributed by atoms with Gasteiger partial charge in [-0.1, -0.05) is 0 Å². The Morgan fingerprint density at radius 1 is 1.59 bits per heavy atom. The highest BCUT2D eigenvalue weighted by Crippen LogP contribution is 2.18. The van der Waals surface area contributed by atoms with Crippen molar-refractivity contribution in [2.45, 2.75) is 38.0 Å². The molecule has 3 N–H and O–H groups in total. The van der Waals surface area contributed by atoms with Gasteiger partial charge in [-0.05, 0) is 26.3 Å². The quantitative estimate of drug-likeness (QED) is 0.652. The summed E-state index contributed by atoms with van der Waals surface area (Å²) in [6.07, 6.45) is 1.97. The highest BCUT2D eigenvalue weighted by Gasteiger charge is 2.30. The van der Waals surface area contributed by atoms with E-state index >= 15 is 0 Å². The van der Waals surface area contributed by atoms with Gasteiger partial charge in [0.25, 0.3) is 0 Å². The summed E-state index contributed by atoms with van der Waals surface area (Å²) in [5, 5.41) is 9.18. The van der Waals surface area contributed by atoms with Crippen molar-refractivity contribution in [3.63, 3.8) is 0 Å². The topological polar surface area (TPSA) is 68.0 Å². The van der Waals surface area contributed by atoms with E-state index in [1.165, 1.54) is 0 Å². The van der Waals surface area contributed by atoms with Crippen LogP contribution in [-0.2, 0) is 9.47 Å². The molecule has 1 aliphatic rings. The minimum Gasteiger partial charge on any atom is -0.394 e. The number of aliphatic hydroxyl groups excluding tert-OH is 1. The van der Waals surface area contributed by atoms with Crippen molar-refractivity contribution >= 4 is 0 Å². The fourth-order valence-corrected chi connectivity index (χ4v) is 2.35. The van der Waals surface area contributed by atoms with Crippen LogP contribution in [0.2, 0.25) is 0 Å². The molecule has 0 amide bonds. The molecule has 5 nitrogen and oxygen atoms in total. The van der Waals surface area contributed by atoms with E-state index in [1.54, 1.807) is 7.11 Å². The molecule has 3 unspecified atom stereocenters. The van der Waals surface area contributed by atoms with Crippen LogP contribution in [0.4, 0.5) is 0 Å². The van der Waals surface area contributed by atoms with Crippen LogP contribution >= 0.6 is 0 Å². The van der Waals surface area contributed by atoms with Gasteiger partial charge in [-0.25, -0.2) is 0 Å². The number of aliphatic hydroxyl groups is 1. The molecule has 0 radical (unpaired) electrons. The molecule has 0 saturated carbocycles. The summed E-state index contributed by atoms with van der Waals surface area (Å²) >= 11 is 0. The number of rotatable bonds is 7. The molecule has 17 heavy (non-hydrogen) atoms. The molecule has 1 heterocycles. The second-order valence-electron chi connectivity index (χ2n) is 4.72. The number of hydrogen-bond acceptors (Lipinski definition) is 5. The molecule has 1 saturated heterocycles. The molecule has 0 spiro atoms. The molecular weight excluding hydrogens is 220 g/mol. The Balaban J connectivity index is 2.55. The zero-order valence-electron chi connectivity index (χ0n) is 11.0. The molecule has 0 aliphatic carbocycles. The van der Waals surface area contributed by atoms with Gasteiger partial charge in [-0.2, -0.15) is 0 Å². The third-order valence-electron chi connectivity index (χ3n) is 3.33. The first-order chi connectivity index (χ1) is 8.22. The number of nitrogens with zero attached hydrogens (tertiary/aromatic N) is 1. The first-order valence-corrected chi connectivity index (χ1v) is 6.40. The number of methoxy groups -OCH3 is 1. The Morgan fingerprint density at radius 2 is 2.35 bits per heavy atom. The predicted octanol–water partition coefficient (Wildman–Crippen LogP) is -0.178. The standard InChI is InChI=1S/C12H26N2O3/c1-10-8-17-12(7-15)6-14(10)11(9-16-2)4-3-5-13/h10-12,15H,3-9,13H2,1-2H3. The number of morpholine rings is 1. The van der Waals surface area contributed by atoms with Crippen molar-refractivity contribution in [3.8, 4) is 0 Å². The Morgan fingerprint density at radius 3 is 2.94 bits per heavy atom. The van der Waals surface area contributed by atoms with Gasteiger partial charge in [0.2, 0.25) is 0 Å². The highest BCUT2D eigenvalue weighted by atomic mass is 16.5. The first kappa shape index (κ1) is 14.9.